The van der Waals surface area contributed by atoms with Crippen LogP contribution in [0, 0.1) is 0 Å². The Kier molecular flexibility index (Phi) is 1.60. The van der Waals surface area contributed by atoms with E-state index in [1.807, 2.05) is 6.92 Å². The molecule has 2 N–H and O–H groups in total. The summed E-state index contributed by atoms with van der Waals surface area (Å²) in [6.07, 6.45) is 1.000. The molecule has 1 fully saturated rings. The van der Waals surface area contributed by atoms with E-state index in [9.17, 15) is 4.79 Å². The molecule has 1 rings (SSSR count). The maximum Gasteiger partial charge on any atom is 0.315 e. The van der Waals surface area contributed by atoms with E-state index in [1.165, 1.54) is 0 Å². The molecule has 0 bridgehead atoms. The van der Waals surface area contributed by atoms with Crippen LogP contribution in [0.1, 0.15) is 20.3 Å². The van der Waals surface area contributed by atoms with E-state index in [4.69, 9.17) is 0 Å². The molecule has 3 nitrogen and oxygen atoms in total. The number of urea groups is 1. The number of hydrogen-bond donors (Lipinski definition) is 2. The van der Waals surface area contributed by atoms with Crippen molar-refractivity contribution in [3.63, 3.8) is 0 Å². The number of hydrogen-bond acceptors (Lipinski definition) is 1. The van der Waals surface area contributed by atoms with Gasteiger partial charge in [0.1, 0.15) is 0 Å². The van der Waals surface area contributed by atoms with Gasteiger partial charge in [-0.2, -0.15) is 0 Å². The molecule has 0 radical (unpaired) electrons. The van der Waals surface area contributed by atoms with Crippen molar-refractivity contribution in [3.05, 3.63) is 0 Å². The number of carbonyl (C=O) groups is 1. The van der Waals surface area contributed by atoms with Crippen molar-refractivity contribution in [2.24, 2.45) is 0 Å². The van der Waals surface area contributed by atoms with Crippen molar-refractivity contribution in [1.29, 1.82) is 0 Å². The van der Waals surface area contributed by atoms with Crippen LogP contribution in [0.4, 0.5) is 4.79 Å². The lowest BCUT2D eigenvalue weighted by atomic mass is 10.1. The van der Waals surface area contributed by atoms with Crippen LogP contribution in [0.25, 0.3) is 0 Å². The van der Waals surface area contributed by atoms with E-state index < -0.39 is 0 Å². The first kappa shape index (κ1) is 6.39. The summed E-state index contributed by atoms with van der Waals surface area (Å²) in [5, 5.41) is 5.57. The molecule has 0 unspecified atom stereocenters. The minimum absolute atomic E-state index is 0.0330. The first-order valence-electron chi connectivity index (χ1n) is 3.31. The fraction of sp³-hybridized carbons (Fsp3) is 0.833. The second-order valence-electron chi connectivity index (χ2n) is 2.42. The minimum Gasteiger partial charge on any atom is -0.334 e. The highest BCUT2D eigenvalue weighted by atomic mass is 16.2. The summed E-state index contributed by atoms with van der Waals surface area (Å²) in [4.78, 5) is 10.6. The monoisotopic (exact) mass is 128 g/mol. The molecule has 0 saturated carbocycles. The van der Waals surface area contributed by atoms with Gasteiger partial charge in [0.25, 0.3) is 0 Å². The number of nitrogens with one attached hydrogen (secondary N) is 2. The maximum atomic E-state index is 10.6. The smallest absolute Gasteiger partial charge is 0.315 e. The van der Waals surface area contributed by atoms with Crippen LogP contribution in [0.2, 0.25) is 0 Å². The van der Waals surface area contributed by atoms with Crippen molar-refractivity contribution >= 4 is 6.03 Å². The fourth-order valence-corrected chi connectivity index (χ4v) is 1.10. The molecule has 0 aromatic carbocycles. The third-order valence-corrected chi connectivity index (χ3v) is 1.72. The summed E-state index contributed by atoms with van der Waals surface area (Å²) < 4.78 is 0. The van der Waals surface area contributed by atoms with Crippen molar-refractivity contribution < 1.29 is 4.79 Å². The summed E-state index contributed by atoms with van der Waals surface area (Å²) >= 11 is 0. The Morgan fingerprint density at radius 3 is 2.44 bits per heavy atom. The van der Waals surface area contributed by atoms with E-state index in [0.29, 0.717) is 12.1 Å². The predicted octanol–water partition coefficient (Wildman–Crippen LogP) is 0.466. The largest absolute Gasteiger partial charge is 0.334 e. The molecular weight excluding hydrogens is 116 g/mol. The number of carbonyl (C=O) groups excluding carboxylic acids is 1. The van der Waals surface area contributed by atoms with E-state index in [1.54, 1.807) is 0 Å². The topological polar surface area (TPSA) is 41.1 Å². The van der Waals surface area contributed by atoms with Gasteiger partial charge in [-0.25, -0.2) is 4.79 Å². The Bertz CT molecular complexity index is 124. The van der Waals surface area contributed by atoms with Crippen LogP contribution in [-0.4, -0.2) is 18.1 Å². The maximum absolute atomic E-state index is 10.6. The van der Waals surface area contributed by atoms with Gasteiger partial charge in [-0.05, 0) is 13.3 Å². The van der Waals surface area contributed by atoms with Gasteiger partial charge in [0.05, 0.1) is 6.04 Å². The second-order valence-corrected chi connectivity index (χ2v) is 2.42. The summed E-state index contributed by atoms with van der Waals surface area (Å²) in [6, 6.07) is 0.592. The lowest BCUT2D eigenvalue weighted by molar-refractivity contribution is 0.247. The minimum atomic E-state index is -0.0330. The molecule has 52 valence electrons. The van der Waals surface area contributed by atoms with Crippen molar-refractivity contribution in [2.45, 2.75) is 32.4 Å². The zero-order valence-electron chi connectivity index (χ0n) is 5.77. The van der Waals surface area contributed by atoms with Crippen LogP contribution < -0.4 is 10.6 Å². The van der Waals surface area contributed by atoms with Crippen LogP contribution in [-0.2, 0) is 0 Å². The fourth-order valence-electron chi connectivity index (χ4n) is 1.10. The van der Waals surface area contributed by atoms with Crippen molar-refractivity contribution in [2.75, 3.05) is 0 Å². The molecule has 0 aromatic rings. The Labute approximate surface area is 54.8 Å². The highest BCUT2D eigenvalue weighted by Crippen LogP contribution is 2.03. The van der Waals surface area contributed by atoms with Crippen LogP contribution >= 0.6 is 0 Å². The van der Waals surface area contributed by atoms with Crippen LogP contribution in [0.15, 0.2) is 0 Å². The highest BCUT2D eigenvalue weighted by molar-refractivity contribution is 5.77. The normalized spacial score (nSPS) is 33.8. The summed E-state index contributed by atoms with van der Waals surface area (Å²) in [7, 11) is 0. The molecule has 0 aliphatic carbocycles. The highest BCUT2D eigenvalue weighted by Gasteiger charge is 2.25. The quantitative estimate of drug-likeness (QED) is 0.529. The first-order chi connectivity index (χ1) is 4.24. The van der Waals surface area contributed by atoms with Gasteiger partial charge in [-0.15, -0.1) is 0 Å². The first-order valence-corrected chi connectivity index (χ1v) is 3.31. The molecule has 0 aromatic heterocycles. The Morgan fingerprint density at radius 1 is 1.56 bits per heavy atom. The molecule has 0 spiro atoms. The number of amides is 2. The van der Waals surface area contributed by atoms with Gasteiger partial charge in [0.2, 0.25) is 0 Å². The molecule has 1 saturated heterocycles. The lowest BCUT2D eigenvalue weighted by Crippen LogP contribution is -2.29. The Hall–Kier alpha value is -0.730. The SMILES string of the molecule is CC[C@@H]1NC(=O)N[C@H]1C. The van der Waals surface area contributed by atoms with Gasteiger partial charge >= 0.3 is 6.03 Å². The van der Waals surface area contributed by atoms with Gasteiger partial charge < -0.3 is 10.6 Å². The number of rotatable bonds is 1. The lowest BCUT2D eigenvalue weighted by Gasteiger charge is -2.09. The van der Waals surface area contributed by atoms with Gasteiger partial charge in [-0.1, -0.05) is 6.92 Å². The van der Waals surface area contributed by atoms with Gasteiger partial charge in [-0.3, -0.25) is 0 Å². The summed E-state index contributed by atoms with van der Waals surface area (Å²) in [5.41, 5.74) is 0. The van der Waals surface area contributed by atoms with Gasteiger partial charge in [0, 0.05) is 6.04 Å². The van der Waals surface area contributed by atoms with Crippen LogP contribution in [0.3, 0.4) is 0 Å². The summed E-state index contributed by atoms with van der Waals surface area (Å²) in [5.74, 6) is 0. The molecular formula is C6H12N2O. The van der Waals surface area contributed by atoms with E-state index >= 15 is 0 Å². The predicted molar refractivity (Wildman–Crippen MR) is 35.2 cm³/mol. The van der Waals surface area contributed by atoms with Crippen molar-refractivity contribution in [3.8, 4) is 0 Å². The summed E-state index contributed by atoms with van der Waals surface area (Å²) in [6.45, 7) is 4.07. The molecule has 9 heavy (non-hydrogen) atoms. The molecule has 2 amide bonds. The van der Waals surface area contributed by atoms with E-state index in [2.05, 4.69) is 17.6 Å². The Balaban J connectivity index is 2.47. The molecule has 1 aliphatic heterocycles. The van der Waals surface area contributed by atoms with Crippen LogP contribution in [0.5, 0.6) is 0 Å². The Morgan fingerprint density at radius 2 is 2.22 bits per heavy atom. The zero-order valence-corrected chi connectivity index (χ0v) is 5.77. The van der Waals surface area contributed by atoms with Crippen molar-refractivity contribution in [1.82, 2.24) is 10.6 Å². The average Bonchev–Trinajstić information content (AvgIpc) is 2.10. The average molecular weight is 128 g/mol. The van der Waals surface area contributed by atoms with E-state index in [0.717, 1.165) is 6.42 Å². The standard InChI is InChI=1S/C6H12N2O/c1-3-5-4(2)7-6(9)8-5/h4-5H,3H2,1-2H3,(H2,7,8,9)/t4-,5-/m0/s1. The zero-order chi connectivity index (χ0) is 6.85. The third kappa shape index (κ3) is 1.15. The molecule has 3 heteroatoms. The van der Waals surface area contributed by atoms with Gasteiger partial charge in [0.15, 0.2) is 0 Å². The molecule has 2 atom stereocenters. The molecule has 1 aliphatic rings. The third-order valence-electron chi connectivity index (χ3n) is 1.72. The van der Waals surface area contributed by atoms with E-state index in [-0.39, 0.29) is 6.03 Å². The molecule has 1 heterocycles. The second kappa shape index (κ2) is 2.25.